The van der Waals surface area contributed by atoms with Gasteiger partial charge in [0.1, 0.15) is 5.25 Å². The van der Waals surface area contributed by atoms with E-state index in [2.05, 4.69) is 0 Å². The summed E-state index contributed by atoms with van der Waals surface area (Å²) < 4.78 is 0. The number of rotatable bonds is 5. The Labute approximate surface area is 102 Å². The summed E-state index contributed by atoms with van der Waals surface area (Å²) in [7, 11) is 0. The van der Waals surface area contributed by atoms with E-state index in [9.17, 15) is 14.9 Å². The molecule has 1 saturated carbocycles. The van der Waals surface area contributed by atoms with Crippen LogP contribution in [0.4, 0.5) is 5.69 Å². The van der Waals surface area contributed by atoms with Gasteiger partial charge in [0.05, 0.1) is 4.92 Å². The van der Waals surface area contributed by atoms with Crippen LogP contribution in [-0.4, -0.2) is 21.2 Å². The second-order valence-corrected chi connectivity index (χ2v) is 5.18. The van der Waals surface area contributed by atoms with Gasteiger partial charge in [-0.3, -0.25) is 14.9 Å². The molecule has 1 aromatic rings. The second-order valence-electron chi connectivity index (χ2n) is 3.97. The van der Waals surface area contributed by atoms with Crippen molar-refractivity contribution in [3.05, 3.63) is 34.4 Å². The second kappa shape index (κ2) is 4.75. The molecular weight excluding hydrogens is 242 g/mol. The van der Waals surface area contributed by atoms with Crippen LogP contribution in [0.3, 0.4) is 0 Å². The molecule has 0 heterocycles. The number of hydrogen-bond donors (Lipinski definition) is 1. The molecule has 0 saturated heterocycles. The van der Waals surface area contributed by atoms with Crippen LogP contribution in [0.15, 0.2) is 29.2 Å². The molecule has 0 bridgehead atoms. The van der Waals surface area contributed by atoms with Crippen LogP contribution < -0.4 is 0 Å². The van der Waals surface area contributed by atoms with Crippen molar-refractivity contribution < 1.29 is 14.8 Å². The number of thioether (sulfide) groups is 1. The zero-order chi connectivity index (χ0) is 12.4. The Balaban J connectivity index is 2.07. The molecule has 1 N–H and O–H groups in total. The molecule has 1 aromatic carbocycles. The molecule has 1 aliphatic rings. The number of carboxylic acid groups (broad SMARTS) is 1. The van der Waals surface area contributed by atoms with E-state index >= 15 is 0 Å². The molecule has 17 heavy (non-hydrogen) atoms. The van der Waals surface area contributed by atoms with Gasteiger partial charge >= 0.3 is 5.97 Å². The highest BCUT2D eigenvalue weighted by Gasteiger charge is 2.36. The maximum Gasteiger partial charge on any atom is 0.317 e. The first-order valence-corrected chi connectivity index (χ1v) is 6.10. The first kappa shape index (κ1) is 11.9. The van der Waals surface area contributed by atoms with Crippen molar-refractivity contribution in [2.24, 2.45) is 5.92 Å². The lowest BCUT2D eigenvalue weighted by Gasteiger charge is -2.10. The van der Waals surface area contributed by atoms with Crippen molar-refractivity contribution in [3.8, 4) is 0 Å². The summed E-state index contributed by atoms with van der Waals surface area (Å²) >= 11 is 1.27. The molecule has 0 spiro atoms. The zero-order valence-electron chi connectivity index (χ0n) is 8.91. The van der Waals surface area contributed by atoms with Crippen LogP contribution in [0, 0.1) is 16.0 Å². The van der Waals surface area contributed by atoms with Gasteiger partial charge in [-0.05, 0) is 30.9 Å². The molecule has 1 fully saturated rings. The highest BCUT2D eigenvalue weighted by Crippen LogP contribution is 2.41. The first-order chi connectivity index (χ1) is 8.08. The summed E-state index contributed by atoms with van der Waals surface area (Å²) in [5, 5.41) is 19.1. The average Bonchev–Trinajstić information content (AvgIpc) is 3.10. The minimum Gasteiger partial charge on any atom is -0.480 e. The van der Waals surface area contributed by atoms with Gasteiger partial charge in [-0.1, -0.05) is 0 Å². The Kier molecular flexibility index (Phi) is 3.33. The standard InChI is InChI=1S/C11H11NO4S/c13-11(14)10(7-1-2-7)17-9-5-3-8(4-6-9)12(15)16/h3-7,10H,1-2H2,(H,13,14). The van der Waals surface area contributed by atoms with Gasteiger partial charge in [-0.2, -0.15) is 0 Å². The van der Waals surface area contributed by atoms with Crippen molar-refractivity contribution in [3.63, 3.8) is 0 Å². The number of aliphatic carboxylic acids is 1. The monoisotopic (exact) mass is 253 g/mol. The van der Waals surface area contributed by atoms with E-state index in [1.165, 1.54) is 23.9 Å². The van der Waals surface area contributed by atoms with Crippen LogP contribution in [-0.2, 0) is 4.79 Å². The largest absolute Gasteiger partial charge is 0.480 e. The lowest BCUT2D eigenvalue weighted by molar-refractivity contribution is -0.384. The molecule has 6 heteroatoms. The van der Waals surface area contributed by atoms with E-state index < -0.39 is 16.1 Å². The third kappa shape index (κ3) is 2.97. The number of non-ortho nitro benzene ring substituents is 1. The van der Waals surface area contributed by atoms with Gasteiger partial charge in [-0.25, -0.2) is 0 Å². The van der Waals surface area contributed by atoms with Crippen molar-refractivity contribution in [1.29, 1.82) is 0 Å². The van der Waals surface area contributed by atoms with Crippen molar-refractivity contribution in [2.45, 2.75) is 23.0 Å². The fourth-order valence-corrected chi connectivity index (χ4v) is 2.69. The minimum atomic E-state index is -0.809. The lowest BCUT2D eigenvalue weighted by atomic mass is 10.3. The van der Waals surface area contributed by atoms with Crippen molar-refractivity contribution in [1.82, 2.24) is 0 Å². The number of nitro groups is 1. The minimum absolute atomic E-state index is 0.0210. The van der Waals surface area contributed by atoms with Crippen LogP contribution in [0.25, 0.3) is 0 Å². The lowest BCUT2D eigenvalue weighted by Crippen LogP contribution is -2.18. The molecule has 0 radical (unpaired) electrons. The fourth-order valence-electron chi connectivity index (χ4n) is 1.54. The van der Waals surface area contributed by atoms with Gasteiger partial charge in [-0.15, -0.1) is 11.8 Å². The van der Waals surface area contributed by atoms with E-state index in [1.54, 1.807) is 12.1 Å². The highest BCUT2D eigenvalue weighted by molar-refractivity contribution is 8.00. The van der Waals surface area contributed by atoms with Crippen LogP contribution >= 0.6 is 11.8 Å². The third-order valence-electron chi connectivity index (χ3n) is 2.60. The molecule has 2 rings (SSSR count). The summed E-state index contributed by atoms with van der Waals surface area (Å²) in [5.74, 6) is -0.566. The van der Waals surface area contributed by atoms with Crippen LogP contribution in [0.5, 0.6) is 0 Å². The summed E-state index contributed by atoms with van der Waals surface area (Å²) in [6, 6.07) is 5.99. The van der Waals surface area contributed by atoms with E-state index in [4.69, 9.17) is 5.11 Å². The van der Waals surface area contributed by atoms with E-state index in [0.717, 1.165) is 17.7 Å². The quantitative estimate of drug-likeness (QED) is 0.495. The normalized spacial score (nSPS) is 16.5. The highest BCUT2D eigenvalue weighted by atomic mass is 32.2. The third-order valence-corrected chi connectivity index (χ3v) is 3.99. The van der Waals surface area contributed by atoms with Crippen LogP contribution in [0.2, 0.25) is 0 Å². The number of nitrogens with zero attached hydrogens (tertiary/aromatic N) is 1. The predicted molar refractivity (Wildman–Crippen MR) is 63.1 cm³/mol. The first-order valence-electron chi connectivity index (χ1n) is 5.22. The van der Waals surface area contributed by atoms with Gasteiger partial charge < -0.3 is 5.11 Å². The molecule has 1 atom stereocenters. The van der Waals surface area contributed by atoms with Gasteiger partial charge in [0, 0.05) is 17.0 Å². The maximum atomic E-state index is 11.0. The van der Waals surface area contributed by atoms with Crippen molar-refractivity contribution in [2.75, 3.05) is 0 Å². The summed E-state index contributed by atoms with van der Waals surface area (Å²) in [6.07, 6.45) is 1.91. The molecule has 5 nitrogen and oxygen atoms in total. The molecule has 1 aliphatic carbocycles. The average molecular weight is 253 g/mol. The Morgan fingerprint density at radius 2 is 2.00 bits per heavy atom. The zero-order valence-corrected chi connectivity index (χ0v) is 9.72. The van der Waals surface area contributed by atoms with E-state index in [-0.39, 0.29) is 11.6 Å². The Bertz CT molecular complexity index is 441. The smallest absolute Gasteiger partial charge is 0.317 e. The number of benzene rings is 1. The topological polar surface area (TPSA) is 80.4 Å². The van der Waals surface area contributed by atoms with E-state index in [0.29, 0.717) is 0 Å². The van der Waals surface area contributed by atoms with Crippen molar-refractivity contribution >= 4 is 23.4 Å². The molecule has 0 aliphatic heterocycles. The Hall–Kier alpha value is -1.56. The Morgan fingerprint density at radius 1 is 1.41 bits per heavy atom. The van der Waals surface area contributed by atoms with E-state index in [1.807, 2.05) is 0 Å². The SMILES string of the molecule is O=C(O)C(Sc1ccc([N+](=O)[O-])cc1)C1CC1. The summed E-state index contributed by atoms with van der Waals surface area (Å²) in [5.41, 5.74) is 0.0210. The molecule has 0 amide bonds. The molecule has 90 valence electrons. The van der Waals surface area contributed by atoms with Gasteiger partial charge in [0.2, 0.25) is 0 Å². The number of nitro benzene ring substituents is 1. The number of carbonyl (C=O) groups is 1. The van der Waals surface area contributed by atoms with Gasteiger partial charge in [0.15, 0.2) is 0 Å². The fraction of sp³-hybridized carbons (Fsp3) is 0.364. The van der Waals surface area contributed by atoms with Crippen LogP contribution in [0.1, 0.15) is 12.8 Å². The summed E-state index contributed by atoms with van der Waals surface area (Å²) in [6.45, 7) is 0. The molecule has 1 unspecified atom stereocenters. The number of carboxylic acids is 1. The number of hydrogen-bond acceptors (Lipinski definition) is 4. The molecule has 0 aromatic heterocycles. The Morgan fingerprint density at radius 3 is 2.41 bits per heavy atom. The summed E-state index contributed by atoms with van der Waals surface area (Å²) in [4.78, 5) is 21.8. The molecular formula is C11H11NO4S. The predicted octanol–water partition coefficient (Wildman–Crippen LogP) is 2.55. The maximum absolute atomic E-state index is 11.0. The van der Waals surface area contributed by atoms with Gasteiger partial charge in [0.25, 0.3) is 5.69 Å².